The average molecular weight is 388 g/mol. The lowest BCUT2D eigenvalue weighted by Gasteiger charge is -2.37. The Hall–Kier alpha value is -3.15. The molecule has 2 bridgehead atoms. The van der Waals surface area contributed by atoms with Gasteiger partial charge in [-0.1, -0.05) is 18.2 Å². The number of carbonyl (C=O) groups is 3. The highest BCUT2D eigenvalue weighted by atomic mass is 16.3. The van der Waals surface area contributed by atoms with Gasteiger partial charge < -0.3 is 9.73 Å². The highest BCUT2D eigenvalue weighted by molar-refractivity contribution is 6.23. The SMILES string of the molecule is O=C(NCc1ccco1)c1cccc(N2C(=O)[C@@H]3[C@@H]4C=C[C@H]([C@H]5C[C@H]45)[C@H]3C2=O)c1. The van der Waals surface area contributed by atoms with Gasteiger partial charge >= 0.3 is 0 Å². The molecule has 0 radical (unpaired) electrons. The van der Waals surface area contributed by atoms with Crippen LogP contribution in [0.1, 0.15) is 22.5 Å². The van der Waals surface area contributed by atoms with Gasteiger partial charge in [-0.25, -0.2) is 4.90 Å². The van der Waals surface area contributed by atoms with Crippen LogP contribution in [0.25, 0.3) is 0 Å². The lowest BCUT2D eigenvalue weighted by molar-refractivity contribution is -0.124. The molecular weight excluding hydrogens is 368 g/mol. The van der Waals surface area contributed by atoms with Gasteiger partial charge in [-0.05, 0) is 60.4 Å². The number of nitrogens with one attached hydrogen (secondary N) is 1. The number of anilines is 1. The number of hydrogen-bond acceptors (Lipinski definition) is 4. The number of carbonyl (C=O) groups excluding carboxylic acids is 3. The highest BCUT2D eigenvalue weighted by Crippen LogP contribution is 2.65. The van der Waals surface area contributed by atoms with Crippen LogP contribution >= 0.6 is 0 Å². The van der Waals surface area contributed by atoms with Crippen LogP contribution in [0.4, 0.5) is 5.69 Å². The van der Waals surface area contributed by atoms with E-state index >= 15 is 0 Å². The fourth-order valence-corrected chi connectivity index (χ4v) is 5.68. The maximum absolute atomic E-state index is 13.2. The molecule has 1 saturated heterocycles. The van der Waals surface area contributed by atoms with E-state index in [1.165, 1.54) is 4.90 Å². The second-order valence-electron chi connectivity index (χ2n) is 8.48. The van der Waals surface area contributed by atoms with Gasteiger partial charge in [0.2, 0.25) is 11.8 Å². The van der Waals surface area contributed by atoms with Crippen molar-refractivity contribution in [1.82, 2.24) is 5.32 Å². The fourth-order valence-electron chi connectivity index (χ4n) is 5.68. The van der Waals surface area contributed by atoms with E-state index in [4.69, 9.17) is 4.42 Å². The van der Waals surface area contributed by atoms with Crippen LogP contribution in [-0.2, 0) is 16.1 Å². The summed E-state index contributed by atoms with van der Waals surface area (Å²) in [6, 6.07) is 10.3. The van der Waals surface area contributed by atoms with Gasteiger partial charge in [0, 0.05) is 5.56 Å². The van der Waals surface area contributed by atoms with Crippen LogP contribution < -0.4 is 10.2 Å². The Morgan fingerprint density at radius 1 is 1.03 bits per heavy atom. The van der Waals surface area contributed by atoms with Crippen molar-refractivity contribution < 1.29 is 18.8 Å². The van der Waals surface area contributed by atoms with Gasteiger partial charge in [-0.15, -0.1) is 0 Å². The van der Waals surface area contributed by atoms with Gasteiger partial charge in [-0.3, -0.25) is 14.4 Å². The molecule has 1 aromatic carbocycles. The molecule has 2 aromatic rings. The molecule has 6 nitrogen and oxygen atoms in total. The Kier molecular flexibility index (Phi) is 3.43. The number of hydrogen-bond donors (Lipinski definition) is 1. The summed E-state index contributed by atoms with van der Waals surface area (Å²) in [5, 5.41) is 2.80. The van der Waals surface area contributed by atoms with Crippen LogP contribution in [0.15, 0.2) is 59.2 Å². The van der Waals surface area contributed by atoms with Crippen LogP contribution in [0.5, 0.6) is 0 Å². The van der Waals surface area contributed by atoms with E-state index in [2.05, 4.69) is 17.5 Å². The molecular formula is C23H20N2O4. The predicted molar refractivity (Wildman–Crippen MR) is 104 cm³/mol. The van der Waals surface area contributed by atoms with Crippen LogP contribution in [0.3, 0.4) is 0 Å². The Balaban J connectivity index is 1.26. The first-order valence-corrected chi connectivity index (χ1v) is 10.1. The third-order valence-electron chi connectivity index (χ3n) is 7.03. The lowest BCUT2D eigenvalue weighted by Crippen LogP contribution is -2.40. The normalized spacial score (nSPS) is 33.6. The smallest absolute Gasteiger partial charge is 0.251 e. The van der Waals surface area contributed by atoms with Crippen LogP contribution in [0.2, 0.25) is 0 Å². The summed E-state index contributed by atoms with van der Waals surface area (Å²) in [7, 11) is 0. The Bertz CT molecular complexity index is 1020. The van der Waals surface area contributed by atoms with Crippen molar-refractivity contribution in [2.45, 2.75) is 13.0 Å². The van der Waals surface area contributed by atoms with Crippen LogP contribution in [-0.4, -0.2) is 17.7 Å². The number of benzene rings is 1. The van der Waals surface area contributed by atoms with Crippen molar-refractivity contribution in [3.05, 3.63) is 66.1 Å². The molecule has 2 saturated carbocycles. The Morgan fingerprint density at radius 2 is 1.76 bits per heavy atom. The first-order valence-electron chi connectivity index (χ1n) is 10.1. The predicted octanol–water partition coefficient (Wildman–Crippen LogP) is 2.77. The number of allylic oxidation sites excluding steroid dienone is 2. The van der Waals surface area contributed by atoms with E-state index in [1.54, 1.807) is 42.7 Å². The highest BCUT2D eigenvalue weighted by Gasteiger charge is 2.67. The molecule has 4 aliphatic carbocycles. The van der Waals surface area contributed by atoms with Crippen molar-refractivity contribution in [3.8, 4) is 0 Å². The molecule has 0 unspecified atom stereocenters. The number of imide groups is 1. The third kappa shape index (κ3) is 2.38. The van der Waals surface area contributed by atoms with Gasteiger partial charge in [0.1, 0.15) is 5.76 Å². The van der Waals surface area contributed by atoms with Crippen molar-refractivity contribution in [2.75, 3.05) is 4.90 Å². The molecule has 1 N–H and O–H groups in total. The second kappa shape index (κ2) is 5.92. The number of rotatable bonds is 4. The molecule has 6 atom stereocenters. The lowest BCUT2D eigenvalue weighted by atomic mass is 9.63. The average Bonchev–Trinajstić information content (AvgIpc) is 3.33. The minimum absolute atomic E-state index is 0.113. The zero-order valence-electron chi connectivity index (χ0n) is 15.7. The van der Waals surface area contributed by atoms with E-state index in [0.717, 1.165) is 6.42 Å². The van der Waals surface area contributed by atoms with E-state index in [0.29, 0.717) is 28.8 Å². The van der Waals surface area contributed by atoms with Gasteiger partial charge in [0.15, 0.2) is 0 Å². The quantitative estimate of drug-likeness (QED) is 0.645. The minimum Gasteiger partial charge on any atom is -0.467 e. The molecule has 6 heteroatoms. The van der Waals surface area contributed by atoms with Crippen molar-refractivity contribution in [1.29, 1.82) is 0 Å². The first-order chi connectivity index (χ1) is 14.1. The molecule has 2 heterocycles. The van der Waals surface area contributed by atoms with E-state index in [-0.39, 0.29) is 47.9 Å². The summed E-state index contributed by atoms with van der Waals surface area (Å²) in [4.78, 5) is 40.3. The summed E-state index contributed by atoms with van der Waals surface area (Å²) in [6.07, 6.45) is 7.01. The molecule has 1 aliphatic heterocycles. The monoisotopic (exact) mass is 388 g/mol. The number of nitrogens with zero attached hydrogens (tertiary/aromatic N) is 1. The molecule has 3 fully saturated rings. The van der Waals surface area contributed by atoms with Crippen molar-refractivity contribution in [2.24, 2.45) is 35.5 Å². The largest absolute Gasteiger partial charge is 0.467 e. The maximum atomic E-state index is 13.2. The summed E-state index contributed by atoms with van der Waals surface area (Å²) in [5.74, 6) is 1.20. The maximum Gasteiger partial charge on any atom is 0.251 e. The number of amides is 3. The molecule has 146 valence electrons. The molecule has 1 aromatic heterocycles. The molecule has 5 aliphatic rings. The van der Waals surface area contributed by atoms with Crippen molar-refractivity contribution >= 4 is 23.4 Å². The van der Waals surface area contributed by atoms with E-state index < -0.39 is 0 Å². The molecule has 29 heavy (non-hydrogen) atoms. The number of furan rings is 1. The summed E-state index contributed by atoms with van der Waals surface area (Å²) in [6.45, 7) is 0.277. The second-order valence-corrected chi connectivity index (χ2v) is 8.48. The minimum atomic E-state index is -0.275. The fraction of sp³-hybridized carbons (Fsp3) is 0.348. The third-order valence-corrected chi connectivity index (χ3v) is 7.03. The van der Waals surface area contributed by atoms with Gasteiger partial charge in [0.25, 0.3) is 5.91 Å². The summed E-state index contributed by atoms with van der Waals surface area (Å²) in [5.41, 5.74) is 0.890. The first kappa shape index (κ1) is 16.8. The Morgan fingerprint density at radius 3 is 2.41 bits per heavy atom. The zero-order chi connectivity index (χ0) is 19.7. The van der Waals surface area contributed by atoms with E-state index in [1.807, 2.05) is 0 Å². The standard InChI is InChI=1S/C23H20N2O4/c26-21(24-11-14-5-2-8-29-14)12-3-1-4-13(9-12)25-22(27)19-15-6-7-16(18-10-17(15)18)20(19)23(25)28/h1-9,15-20H,10-11H2,(H,24,26)/t15-,16-,17-,18-,19-,20-/m1/s1. The van der Waals surface area contributed by atoms with E-state index in [9.17, 15) is 14.4 Å². The van der Waals surface area contributed by atoms with Gasteiger partial charge in [-0.2, -0.15) is 0 Å². The molecule has 7 rings (SSSR count). The Labute approximate surface area is 167 Å². The molecule has 0 spiro atoms. The van der Waals surface area contributed by atoms with Crippen molar-refractivity contribution in [3.63, 3.8) is 0 Å². The summed E-state index contributed by atoms with van der Waals surface area (Å²) >= 11 is 0. The summed E-state index contributed by atoms with van der Waals surface area (Å²) < 4.78 is 5.23. The van der Waals surface area contributed by atoms with Crippen LogP contribution in [0, 0.1) is 35.5 Å². The molecule has 3 amide bonds. The zero-order valence-corrected chi connectivity index (χ0v) is 15.7. The van der Waals surface area contributed by atoms with Gasteiger partial charge in [0.05, 0.1) is 30.3 Å². The topological polar surface area (TPSA) is 79.6 Å².